The molecule has 0 fully saturated rings. The zero-order valence-corrected chi connectivity index (χ0v) is 20.3. The number of aromatic amines is 1. The molecule has 4 aromatic rings. The minimum absolute atomic E-state index is 0.130. The fourth-order valence-corrected chi connectivity index (χ4v) is 4.33. The van der Waals surface area contributed by atoms with E-state index in [0.717, 1.165) is 39.2 Å². The van der Waals surface area contributed by atoms with Crippen molar-refractivity contribution < 1.29 is 14.2 Å². The summed E-state index contributed by atoms with van der Waals surface area (Å²) in [6.45, 7) is 3.00. The van der Waals surface area contributed by atoms with Gasteiger partial charge in [-0.2, -0.15) is 0 Å². The Kier molecular flexibility index (Phi) is 6.29. The summed E-state index contributed by atoms with van der Waals surface area (Å²) >= 11 is 5.79. The van der Waals surface area contributed by atoms with Crippen LogP contribution >= 0.6 is 12.2 Å². The highest BCUT2D eigenvalue weighted by Crippen LogP contribution is 2.33. The third kappa shape index (κ3) is 4.93. The van der Waals surface area contributed by atoms with Gasteiger partial charge in [0.15, 0.2) is 16.6 Å². The molecule has 1 aromatic heterocycles. The third-order valence-electron chi connectivity index (χ3n) is 5.97. The monoisotopic (exact) mass is 487 g/mol. The van der Waals surface area contributed by atoms with Crippen molar-refractivity contribution in [3.8, 4) is 17.2 Å². The van der Waals surface area contributed by atoms with Crippen LogP contribution in [0.1, 0.15) is 16.7 Å². The van der Waals surface area contributed by atoms with Crippen molar-refractivity contribution >= 4 is 33.9 Å². The maximum absolute atomic E-state index is 13.0. The molecule has 0 spiro atoms. The summed E-state index contributed by atoms with van der Waals surface area (Å²) in [5.41, 5.74) is 4.19. The van der Waals surface area contributed by atoms with Crippen molar-refractivity contribution in [2.24, 2.45) is 0 Å². The number of aryl methyl sites for hydroxylation is 1. The smallest absolute Gasteiger partial charge is 0.253 e. The number of ether oxygens (including phenoxy) is 3. The zero-order valence-electron chi connectivity index (χ0n) is 19.5. The van der Waals surface area contributed by atoms with Gasteiger partial charge in [0.25, 0.3) is 5.56 Å². The van der Waals surface area contributed by atoms with Crippen molar-refractivity contribution in [1.29, 1.82) is 0 Å². The van der Waals surface area contributed by atoms with Gasteiger partial charge in [-0.05, 0) is 78.1 Å². The van der Waals surface area contributed by atoms with Crippen LogP contribution in [0.3, 0.4) is 0 Å². The van der Waals surface area contributed by atoms with Crippen molar-refractivity contribution in [1.82, 2.24) is 9.88 Å². The number of para-hydroxylation sites is 1. The summed E-state index contributed by atoms with van der Waals surface area (Å²) in [6.07, 6.45) is 0. The number of thiocarbonyl (C=S) groups is 1. The molecule has 0 bridgehead atoms. The highest BCUT2D eigenvalue weighted by Gasteiger charge is 2.18. The minimum Gasteiger partial charge on any atom is -0.497 e. The number of fused-ring (bicyclic) bond motifs is 2. The summed E-state index contributed by atoms with van der Waals surface area (Å²) in [4.78, 5) is 18.0. The Morgan fingerprint density at radius 3 is 2.66 bits per heavy atom. The number of anilines is 1. The molecule has 0 unspecified atom stereocenters. The summed E-state index contributed by atoms with van der Waals surface area (Å²) in [6, 6.07) is 21.2. The van der Waals surface area contributed by atoms with Crippen LogP contribution < -0.4 is 25.1 Å². The van der Waals surface area contributed by atoms with E-state index in [1.165, 1.54) is 0 Å². The molecule has 0 radical (unpaired) electrons. The van der Waals surface area contributed by atoms with Gasteiger partial charge in [0.1, 0.15) is 5.75 Å². The fourth-order valence-electron chi connectivity index (χ4n) is 4.09. The predicted molar refractivity (Wildman–Crippen MR) is 140 cm³/mol. The molecule has 0 saturated carbocycles. The maximum atomic E-state index is 13.0. The van der Waals surface area contributed by atoms with Crippen LogP contribution in [0.5, 0.6) is 17.2 Å². The van der Waals surface area contributed by atoms with Crippen LogP contribution in [0.25, 0.3) is 10.9 Å². The summed E-state index contributed by atoms with van der Waals surface area (Å²) in [5, 5.41) is 4.77. The molecule has 3 aromatic carbocycles. The molecule has 0 amide bonds. The molecule has 5 rings (SSSR count). The van der Waals surface area contributed by atoms with Crippen molar-refractivity contribution in [2.75, 3.05) is 19.2 Å². The topological polar surface area (TPSA) is 75.8 Å². The Balaban J connectivity index is 1.45. The molecule has 0 atom stereocenters. The molecular formula is C27H25N3O4S. The largest absolute Gasteiger partial charge is 0.497 e. The van der Waals surface area contributed by atoms with Gasteiger partial charge in [-0.3, -0.25) is 4.79 Å². The molecule has 178 valence electrons. The molecule has 35 heavy (non-hydrogen) atoms. The van der Waals surface area contributed by atoms with Crippen LogP contribution in [0.15, 0.2) is 71.5 Å². The Hall–Kier alpha value is -4.04. The molecule has 0 saturated heterocycles. The van der Waals surface area contributed by atoms with Crippen LogP contribution in [-0.2, 0) is 13.1 Å². The number of nitrogens with one attached hydrogen (secondary N) is 2. The van der Waals surface area contributed by atoms with Gasteiger partial charge >= 0.3 is 0 Å². The molecule has 8 heteroatoms. The second-order valence-corrected chi connectivity index (χ2v) is 8.75. The summed E-state index contributed by atoms with van der Waals surface area (Å²) in [7, 11) is 1.63. The quantitative estimate of drug-likeness (QED) is 0.372. The van der Waals surface area contributed by atoms with Gasteiger partial charge in [-0.25, -0.2) is 0 Å². The summed E-state index contributed by atoms with van der Waals surface area (Å²) < 4.78 is 16.2. The predicted octanol–water partition coefficient (Wildman–Crippen LogP) is 4.97. The van der Waals surface area contributed by atoms with E-state index in [1.54, 1.807) is 7.11 Å². The lowest BCUT2D eigenvalue weighted by Crippen LogP contribution is -2.35. The van der Waals surface area contributed by atoms with E-state index in [4.69, 9.17) is 26.4 Å². The lowest BCUT2D eigenvalue weighted by atomic mass is 10.1. The third-order valence-corrected chi connectivity index (χ3v) is 6.33. The van der Waals surface area contributed by atoms with E-state index >= 15 is 0 Å². The average molecular weight is 488 g/mol. The number of aromatic nitrogens is 1. The standard InChI is InChI=1S/C27H25N3O4S/c1-17-4-3-5-19-13-20(26(31)29-25(17)19)15-30(14-18-6-11-23-24(12-18)34-16-33-23)27(35)28-21-7-9-22(32-2)10-8-21/h3-13H,14-16H2,1-2H3,(H,28,35)(H,29,31). The molecule has 2 heterocycles. The Morgan fingerprint density at radius 2 is 1.86 bits per heavy atom. The first-order valence-corrected chi connectivity index (χ1v) is 11.6. The Morgan fingerprint density at radius 1 is 1.06 bits per heavy atom. The lowest BCUT2D eigenvalue weighted by Gasteiger charge is -2.26. The van der Waals surface area contributed by atoms with Crippen molar-refractivity contribution in [3.63, 3.8) is 0 Å². The molecule has 1 aliphatic heterocycles. The second kappa shape index (κ2) is 9.68. The minimum atomic E-state index is -0.130. The number of hydrogen-bond donors (Lipinski definition) is 2. The highest BCUT2D eigenvalue weighted by molar-refractivity contribution is 7.80. The van der Waals surface area contributed by atoms with Crippen LogP contribution in [0.4, 0.5) is 5.69 Å². The zero-order chi connectivity index (χ0) is 24.4. The number of rotatable bonds is 6. The first-order valence-electron chi connectivity index (χ1n) is 11.2. The van der Waals surface area contributed by atoms with E-state index in [9.17, 15) is 4.79 Å². The molecular weight excluding hydrogens is 462 g/mol. The van der Waals surface area contributed by atoms with E-state index in [2.05, 4.69) is 10.3 Å². The first-order chi connectivity index (χ1) is 17.0. The van der Waals surface area contributed by atoms with Gasteiger partial charge in [0.2, 0.25) is 6.79 Å². The second-order valence-electron chi connectivity index (χ2n) is 8.37. The number of nitrogens with zero attached hydrogens (tertiary/aromatic N) is 1. The van der Waals surface area contributed by atoms with Gasteiger partial charge in [0, 0.05) is 17.8 Å². The van der Waals surface area contributed by atoms with Crippen molar-refractivity contribution in [2.45, 2.75) is 20.0 Å². The molecule has 1 aliphatic rings. The number of H-pyrrole nitrogens is 1. The normalized spacial score (nSPS) is 11.9. The average Bonchev–Trinajstić information content (AvgIpc) is 3.33. The van der Waals surface area contributed by atoms with Crippen LogP contribution in [0, 0.1) is 6.92 Å². The van der Waals surface area contributed by atoms with Gasteiger partial charge in [-0.15, -0.1) is 0 Å². The fraction of sp³-hybridized carbons (Fsp3) is 0.185. The number of methoxy groups -OCH3 is 1. The van der Waals surface area contributed by atoms with Gasteiger partial charge < -0.3 is 29.4 Å². The SMILES string of the molecule is COc1ccc(NC(=S)N(Cc2ccc3c(c2)OCO3)Cc2cc3cccc(C)c3[nH]c2=O)cc1. The number of pyridine rings is 1. The van der Waals surface area contributed by atoms with E-state index in [-0.39, 0.29) is 12.4 Å². The Bertz CT molecular complexity index is 1450. The van der Waals surface area contributed by atoms with Gasteiger partial charge in [0.05, 0.1) is 19.2 Å². The van der Waals surface area contributed by atoms with E-state index in [1.807, 2.05) is 78.6 Å². The first kappa shape index (κ1) is 22.7. The lowest BCUT2D eigenvalue weighted by molar-refractivity contribution is 0.174. The van der Waals surface area contributed by atoms with Crippen molar-refractivity contribution in [3.05, 3.63) is 93.8 Å². The Labute approximate surface area is 208 Å². The van der Waals surface area contributed by atoms with Crippen LogP contribution in [-0.4, -0.2) is 28.9 Å². The molecule has 7 nitrogen and oxygen atoms in total. The molecule has 0 aliphatic carbocycles. The van der Waals surface area contributed by atoms with E-state index in [0.29, 0.717) is 29.5 Å². The maximum Gasteiger partial charge on any atom is 0.253 e. The molecule has 2 N–H and O–H groups in total. The highest BCUT2D eigenvalue weighted by atomic mass is 32.1. The summed E-state index contributed by atoms with van der Waals surface area (Å²) in [5.74, 6) is 2.19. The number of hydrogen-bond acceptors (Lipinski definition) is 5. The van der Waals surface area contributed by atoms with E-state index < -0.39 is 0 Å². The van der Waals surface area contributed by atoms with Crippen LogP contribution in [0.2, 0.25) is 0 Å². The number of benzene rings is 3. The van der Waals surface area contributed by atoms with Gasteiger partial charge in [-0.1, -0.05) is 24.3 Å².